The Labute approximate surface area is 242 Å². The van der Waals surface area contributed by atoms with Crippen molar-refractivity contribution >= 4 is 45.8 Å². The number of halogens is 2. The average Bonchev–Trinajstić information content (AvgIpc) is 3.45. The predicted octanol–water partition coefficient (Wildman–Crippen LogP) is 8.36. The zero-order valence-electron chi connectivity index (χ0n) is 22.5. The Morgan fingerprint density at radius 2 is 1.95 bits per heavy atom. The van der Waals surface area contributed by atoms with Crippen molar-refractivity contribution < 1.29 is 13.5 Å². The van der Waals surface area contributed by atoms with Crippen LogP contribution in [0.1, 0.15) is 24.3 Å². The Morgan fingerprint density at radius 3 is 2.73 bits per heavy atom. The van der Waals surface area contributed by atoms with Crippen molar-refractivity contribution in [1.82, 2.24) is 14.9 Å². The van der Waals surface area contributed by atoms with E-state index in [-0.39, 0.29) is 18.5 Å². The van der Waals surface area contributed by atoms with E-state index in [1.54, 1.807) is 36.0 Å². The minimum Gasteiger partial charge on any atom is -0.487 e. The van der Waals surface area contributed by atoms with E-state index in [1.165, 1.54) is 18.5 Å². The quantitative estimate of drug-likeness (QED) is 0.169. The second kappa shape index (κ2) is 12.7. The van der Waals surface area contributed by atoms with Crippen molar-refractivity contribution in [3.05, 3.63) is 101 Å². The van der Waals surface area contributed by atoms with Gasteiger partial charge in [-0.2, -0.15) is 11.8 Å². The SMILES string of the molecule is CCN(C)C(CSC)c1ccc(-c2ccc3ncnc(Nc4ccc(OCc5cccc(F)c5)c(Cl)c4)c3c2)o1. The summed E-state index contributed by atoms with van der Waals surface area (Å²) in [6, 6.07) is 22.0. The van der Waals surface area contributed by atoms with Gasteiger partial charge < -0.3 is 14.5 Å². The van der Waals surface area contributed by atoms with E-state index in [2.05, 4.69) is 46.5 Å². The molecule has 6 nitrogen and oxygen atoms in total. The first-order valence-corrected chi connectivity index (χ1v) is 14.7. The van der Waals surface area contributed by atoms with Crippen molar-refractivity contribution in [3.8, 4) is 17.1 Å². The number of rotatable bonds is 11. The van der Waals surface area contributed by atoms with E-state index in [9.17, 15) is 4.39 Å². The highest BCUT2D eigenvalue weighted by atomic mass is 35.5. The van der Waals surface area contributed by atoms with Crippen LogP contribution in [0.25, 0.3) is 22.2 Å². The second-order valence-corrected chi connectivity index (χ2v) is 10.7. The molecule has 0 spiro atoms. The third-order valence-corrected chi connectivity index (χ3v) is 7.65. The zero-order valence-corrected chi connectivity index (χ0v) is 24.1. The van der Waals surface area contributed by atoms with Crippen LogP contribution < -0.4 is 10.1 Å². The molecule has 3 aromatic carbocycles. The summed E-state index contributed by atoms with van der Waals surface area (Å²) in [7, 11) is 2.11. The molecule has 0 saturated carbocycles. The van der Waals surface area contributed by atoms with Crippen LogP contribution in [0, 0.1) is 5.82 Å². The van der Waals surface area contributed by atoms with Crippen LogP contribution in [0.15, 0.2) is 83.5 Å². The third-order valence-electron chi connectivity index (χ3n) is 6.71. The molecule has 0 aliphatic rings. The molecule has 0 amide bonds. The van der Waals surface area contributed by atoms with Gasteiger partial charge in [0.2, 0.25) is 0 Å². The molecule has 1 unspecified atom stereocenters. The van der Waals surface area contributed by atoms with E-state index in [1.807, 2.05) is 30.3 Å². The minimum absolute atomic E-state index is 0.209. The Balaban J connectivity index is 1.36. The average molecular weight is 577 g/mol. The molecule has 2 aromatic heterocycles. The van der Waals surface area contributed by atoms with Gasteiger partial charge in [-0.1, -0.05) is 30.7 Å². The maximum atomic E-state index is 13.5. The molecular formula is C31H30ClFN4O2S. The lowest BCUT2D eigenvalue weighted by Crippen LogP contribution is -2.25. The predicted molar refractivity (Wildman–Crippen MR) is 162 cm³/mol. The van der Waals surface area contributed by atoms with Crippen molar-refractivity contribution in [2.75, 3.05) is 30.9 Å². The van der Waals surface area contributed by atoms with E-state index >= 15 is 0 Å². The molecule has 0 fully saturated rings. The van der Waals surface area contributed by atoms with Gasteiger partial charge in [0.1, 0.15) is 41.8 Å². The largest absolute Gasteiger partial charge is 0.487 e. The summed E-state index contributed by atoms with van der Waals surface area (Å²) in [5, 5.41) is 4.64. The highest BCUT2D eigenvalue weighted by molar-refractivity contribution is 7.98. The summed E-state index contributed by atoms with van der Waals surface area (Å²) in [4.78, 5) is 11.2. The normalized spacial score (nSPS) is 12.2. The number of furan rings is 1. The zero-order chi connectivity index (χ0) is 28.1. The topological polar surface area (TPSA) is 63.4 Å². The minimum atomic E-state index is -0.302. The van der Waals surface area contributed by atoms with Crippen LogP contribution in [0.3, 0.4) is 0 Å². The Kier molecular flexibility index (Phi) is 8.89. The third kappa shape index (κ3) is 6.41. The molecule has 206 valence electrons. The number of nitrogens with one attached hydrogen (secondary N) is 1. The summed E-state index contributed by atoms with van der Waals surface area (Å²) in [5.74, 6) is 3.55. The first-order valence-electron chi connectivity index (χ1n) is 12.9. The van der Waals surface area contributed by atoms with Gasteiger partial charge in [0.25, 0.3) is 0 Å². The van der Waals surface area contributed by atoms with Crippen LogP contribution in [0.2, 0.25) is 5.02 Å². The fraction of sp³-hybridized carbons (Fsp3) is 0.226. The molecule has 9 heteroatoms. The molecule has 0 radical (unpaired) electrons. The number of nitrogens with zero attached hydrogens (tertiary/aromatic N) is 3. The number of benzene rings is 3. The van der Waals surface area contributed by atoms with Gasteiger partial charge in [-0.25, -0.2) is 14.4 Å². The fourth-order valence-electron chi connectivity index (χ4n) is 4.42. The monoisotopic (exact) mass is 576 g/mol. The molecule has 40 heavy (non-hydrogen) atoms. The van der Waals surface area contributed by atoms with Gasteiger partial charge in [-0.15, -0.1) is 0 Å². The van der Waals surface area contributed by atoms with Gasteiger partial charge in [0.15, 0.2) is 0 Å². The molecule has 0 aliphatic carbocycles. The standard InChI is InChI=1S/C31H30ClFN4O2S/c1-4-37(2)27(18-40-3)30-13-12-28(39-30)21-8-10-26-24(15-21)31(35-19-34-26)36-23-9-11-29(25(32)16-23)38-17-20-6-5-7-22(33)14-20/h5-16,19,27H,4,17-18H2,1-3H3,(H,34,35,36). The van der Waals surface area contributed by atoms with Gasteiger partial charge in [-0.3, -0.25) is 4.90 Å². The Morgan fingerprint density at radius 1 is 1.07 bits per heavy atom. The van der Waals surface area contributed by atoms with E-state index < -0.39 is 0 Å². The number of ether oxygens (including phenoxy) is 1. The first-order chi connectivity index (χ1) is 19.4. The molecule has 5 aromatic rings. The van der Waals surface area contributed by atoms with Gasteiger partial charge in [-0.05, 0) is 86.1 Å². The number of thioether (sulfide) groups is 1. The number of anilines is 2. The van der Waals surface area contributed by atoms with Crippen molar-refractivity contribution in [2.45, 2.75) is 19.6 Å². The number of fused-ring (bicyclic) bond motifs is 1. The first kappa shape index (κ1) is 28.0. The highest BCUT2D eigenvalue weighted by Gasteiger charge is 2.20. The Hall–Kier alpha value is -3.59. The van der Waals surface area contributed by atoms with Crippen LogP contribution in [0.5, 0.6) is 5.75 Å². The summed E-state index contributed by atoms with van der Waals surface area (Å²) >= 11 is 8.31. The molecule has 0 aliphatic heterocycles. The van der Waals surface area contributed by atoms with E-state index in [0.29, 0.717) is 16.6 Å². The summed E-state index contributed by atoms with van der Waals surface area (Å²) < 4.78 is 25.6. The summed E-state index contributed by atoms with van der Waals surface area (Å²) in [6.45, 7) is 3.30. The van der Waals surface area contributed by atoms with Gasteiger partial charge in [0.05, 0.1) is 16.6 Å². The lowest BCUT2D eigenvalue weighted by atomic mass is 10.1. The summed E-state index contributed by atoms with van der Waals surface area (Å²) in [5.41, 5.74) is 3.22. The van der Waals surface area contributed by atoms with Crippen molar-refractivity contribution in [3.63, 3.8) is 0 Å². The second-order valence-electron chi connectivity index (χ2n) is 9.39. The molecule has 5 rings (SSSR count). The number of hydrogen-bond acceptors (Lipinski definition) is 7. The van der Waals surface area contributed by atoms with E-state index in [4.69, 9.17) is 20.8 Å². The van der Waals surface area contributed by atoms with Gasteiger partial charge >= 0.3 is 0 Å². The summed E-state index contributed by atoms with van der Waals surface area (Å²) in [6.07, 6.45) is 3.64. The lowest BCUT2D eigenvalue weighted by molar-refractivity contribution is 0.248. The number of hydrogen-bond donors (Lipinski definition) is 1. The maximum absolute atomic E-state index is 13.5. The maximum Gasteiger partial charge on any atom is 0.141 e. The van der Waals surface area contributed by atoms with Gasteiger partial charge in [0, 0.05) is 22.4 Å². The fourth-order valence-corrected chi connectivity index (χ4v) is 5.39. The van der Waals surface area contributed by atoms with E-state index in [0.717, 1.165) is 51.5 Å². The lowest BCUT2D eigenvalue weighted by Gasteiger charge is -2.24. The molecule has 0 saturated heterocycles. The van der Waals surface area contributed by atoms with Crippen molar-refractivity contribution in [2.24, 2.45) is 0 Å². The van der Waals surface area contributed by atoms with Crippen LogP contribution in [0.4, 0.5) is 15.9 Å². The van der Waals surface area contributed by atoms with Crippen LogP contribution >= 0.6 is 23.4 Å². The smallest absolute Gasteiger partial charge is 0.141 e. The molecule has 2 heterocycles. The van der Waals surface area contributed by atoms with Crippen LogP contribution in [-0.4, -0.2) is 40.5 Å². The highest BCUT2D eigenvalue weighted by Crippen LogP contribution is 2.34. The molecular weight excluding hydrogens is 547 g/mol. The Bertz CT molecular complexity index is 1610. The molecule has 1 atom stereocenters. The van der Waals surface area contributed by atoms with Crippen molar-refractivity contribution in [1.29, 1.82) is 0 Å². The van der Waals surface area contributed by atoms with Crippen LogP contribution in [-0.2, 0) is 6.61 Å². The molecule has 0 bridgehead atoms. The molecule has 1 N–H and O–H groups in total. The number of aromatic nitrogens is 2.